The molecule has 9 heteroatoms. The number of hydrogen-bond acceptors (Lipinski definition) is 6. The van der Waals surface area contributed by atoms with Crippen LogP contribution in [0.4, 0.5) is 10.1 Å². The molecule has 2 heterocycles. The van der Waals surface area contributed by atoms with Gasteiger partial charge in [0.05, 0.1) is 4.90 Å². The molecule has 7 nitrogen and oxygen atoms in total. The summed E-state index contributed by atoms with van der Waals surface area (Å²) in [5.74, 6) is 0.408. The molecule has 0 aliphatic heterocycles. The van der Waals surface area contributed by atoms with E-state index in [1.54, 1.807) is 43.3 Å². The molecule has 33 heavy (non-hydrogen) atoms. The van der Waals surface area contributed by atoms with Crippen molar-refractivity contribution in [3.8, 4) is 23.0 Å². The van der Waals surface area contributed by atoms with Crippen LogP contribution in [-0.4, -0.2) is 18.6 Å². The Morgan fingerprint density at radius 2 is 1.67 bits per heavy atom. The van der Waals surface area contributed by atoms with Crippen LogP contribution < -0.4 is 4.72 Å². The second-order valence-corrected chi connectivity index (χ2v) is 9.30. The van der Waals surface area contributed by atoms with E-state index < -0.39 is 10.0 Å². The molecule has 0 saturated carbocycles. The summed E-state index contributed by atoms with van der Waals surface area (Å²) in [5, 5.41) is 4.55. The third-order valence-corrected chi connectivity index (χ3v) is 6.62. The molecular weight excluding hydrogens is 445 g/mol. The van der Waals surface area contributed by atoms with Crippen LogP contribution in [0.15, 0.2) is 80.6 Å². The van der Waals surface area contributed by atoms with Gasteiger partial charge in [0.25, 0.3) is 15.9 Å². The quantitative estimate of drug-likeness (QED) is 0.359. The first-order chi connectivity index (χ1) is 15.8. The van der Waals surface area contributed by atoms with Crippen molar-refractivity contribution in [1.82, 2.24) is 10.1 Å². The van der Waals surface area contributed by atoms with E-state index in [0.717, 1.165) is 5.56 Å². The van der Waals surface area contributed by atoms with Crippen LogP contribution in [0.2, 0.25) is 0 Å². The molecule has 0 atom stereocenters. The van der Waals surface area contributed by atoms with Crippen LogP contribution in [0.1, 0.15) is 11.1 Å². The third-order valence-electron chi connectivity index (χ3n) is 5.24. The number of furan rings is 1. The number of fused-ring (bicyclic) bond motifs is 1. The highest BCUT2D eigenvalue weighted by molar-refractivity contribution is 7.92. The van der Waals surface area contributed by atoms with Crippen molar-refractivity contribution in [2.45, 2.75) is 18.7 Å². The Hall–Kier alpha value is -3.98. The Balaban J connectivity index is 1.49. The Labute approximate surface area is 188 Å². The monoisotopic (exact) mass is 463 g/mol. The molecule has 3 aromatic carbocycles. The van der Waals surface area contributed by atoms with E-state index in [1.165, 1.54) is 18.2 Å². The number of aromatic nitrogens is 2. The molecule has 0 unspecified atom stereocenters. The molecule has 0 bridgehead atoms. The minimum atomic E-state index is -3.80. The SMILES string of the molecule is Cc1ccc(NS(=O)(=O)c2ccc3oc(-c4nc(-c5ccc(F)cc5)no4)c(C)c3c2)cc1. The fourth-order valence-electron chi connectivity index (χ4n) is 3.44. The van der Waals surface area contributed by atoms with Gasteiger partial charge in [0.1, 0.15) is 11.4 Å². The van der Waals surface area contributed by atoms with Gasteiger partial charge in [-0.15, -0.1) is 0 Å². The maximum Gasteiger partial charge on any atom is 0.294 e. The van der Waals surface area contributed by atoms with E-state index in [0.29, 0.717) is 33.5 Å². The van der Waals surface area contributed by atoms with Crippen molar-refractivity contribution >= 4 is 26.7 Å². The van der Waals surface area contributed by atoms with E-state index >= 15 is 0 Å². The number of hydrogen-bond donors (Lipinski definition) is 1. The van der Waals surface area contributed by atoms with Crippen LogP contribution >= 0.6 is 0 Å². The summed E-state index contributed by atoms with van der Waals surface area (Å²) >= 11 is 0. The van der Waals surface area contributed by atoms with Gasteiger partial charge in [-0.05, 0) is 68.4 Å². The zero-order valence-electron chi connectivity index (χ0n) is 17.7. The van der Waals surface area contributed by atoms with Gasteiger partial charge in [0, 0.05) is 22.2 Å². The molecule has 0 spiro atoms. The van der Waals surface area contributed by atoms with Crippen molar-refractivity contribution in [3.63, 3.8) is 0 Å². The van der Waals surface area contributed by atoms with Crippen LogP contribution in [0.25, 0.3) is 34.0 Å². The van der Waals surface area contributed by atoms with Gasteiger partial charge in [0.15, 0.2) is 5.76 Å². The zero-order chi connectivity index (χ0) is 23.2. The molecule has 166 valence electrons. The lowest BCUT2D eigenvalue weighted by atomic mass is 10.1. The molecule has 5 aromatic rings. The van der Waals surface area contributed by atoms with Gasteiger partial charge in [-0.1, -0.05) is 22.9 Å². The molecule has 2 aromatic heterocycles. The number of halogens is 1. The third kappa shape index (κ3) is 3.98. The Bertz CT molecular complexity index is 1570. The predicted molar refractivity (Wildman–Crippen MR) is 122 cm³/mol. The van der Waals surface area contributed by atoms with E-state index in [-0.39, 0.29) is 22.4 Å². The van der Waals surface area contributed by atoms with Crippen molar-refractivity contribution in [1.29, 1.82) is 0 Å². The normalized spacial score (nSPS) is 11.7. The Kier molecular flexibility index (Phi) is 4.98. The lowest BCUT2D eigenvalue weighted by molar-refractivity contribution is 0.419. The number of aryl methyl sites for hydroxylation is 2. The number of benzene rings is 3. The standard InChI is InChI=1S/C24H18FN3O4S/c1-14-3-9-18(10-4-14)28-33(29,30)19-11-12-21-20(13-19)15(2)22(31-21)24-26-23(27-32-24)16-5-7-17(25)8-6-16/h3-13,28H,1-2H3. The Morgan fingerprint density at radius 1 is 0.939 bits per heavy atom. The lowest BCUT2D eigenvalue weighted by Crippen LogP contribution is -2.12. The summed E-state index contributed by atoms with van der Waals surface area (Å²) in [6, 6.07) is 17.4. The smallest absolute Gasteiger partial charge is 0.294 e. The van der Waals surface area contributed by atoms with Gasteiger partial charge in [-0.2, -0.15) is 4.98 Å². The number of rotatable bonds is 5. The van der Waals surface area contributed by atoms with Gasteiger partial charge >= 0.3 is 0 Å². The van der Waals surface area contributed by atoms with Crippen molar-refractivity contribution in [3.05, 3.63) is 83.7 Å². The molecule has 0 aliphatic rings. The number of anilines is 1. The summed E-state index contributed by atoms with van der Waals surface area (Å²) < 4.78 is 52.8. The molecule has 1 N–H and O–H groups in total. The Morgan fingerprint density at radius 3 is 2.39 bits per heavy atom. The summed E-state index contributed by atoms with van der Waals surface area (Å²) in [5.41, 5.74) is 3.25. The molecule has 5 rings (SSSR count). The van der Waals surface area contributed by atoms with Gasteiger partial charge in [-0.3, -0.25) is 4.72 Å². The minimum absolute atomic E-state index is 0.101. The summed E-state index contributed by atoms with van der Waals surface area (Å²) in [4.78, 5) is 4.45. The maximum atomic E-state index is 13.2. The van der Waals surface area contributed by atoms with Gasteiger partial charge in [-0.25, -0.2) is 12.8 Å². The molecule has 0 aliphatic carbocycles. The highest BCUT2D eigenvalue weighted by Crippen LogP contribution is 2.34. The number of nitrogens with zero attached hydrogens (tertiary/aromatic N) is 2. The first-order valence-electron chi connectivity index (χ1n) is 10.0. The second kappa shape index (κ2) is 7.86. The largest absolute Gasteiger partial charge is 0.451 e. The van der Waals surface area contributed by atoms with E-state index in [1.807, 2.05) is 19.1 Å². The fourth-order valence-corrected chi connectivity index (χ4v) is 4.52. The summed E-state index contributed by atoms with van der Waals surface area (Å²) in [6.07, 6.45) is 0. The molecule has 0 fully saturated rings. The average Bonchev–Trinajstić information content (AvgIpc) is 3.40. The van der Waals surface area contributed by atoms with Crippen molar-refractivity contribution in [2.24, 2.45) is 0 Å². The van der Waals surface area contributed by atoms with Crippen molar-refractivity contribution < 1.29 is 21.7 Å². The van der Waals surface area contributed by atoms with Crippen LogP contribution in [-0.2, 0) is 10.0 Å². The molecule has 0 saturated heterocycles. The average molecular weight is 463 g/mol. The van der Waals surface area contributed by atoms with Crippen LogP contribution in [0.5, 0.6) is 0 Å². The molecule has 0 radical (unpaired) electrons. The minimum Gasteiger partial charge on any atom is -0.451 e. The second-order valence-electron chi connectivity index (χ2n) is 7.62. The predicted octanol–water partition coefficient (Wildman–Crippen LogP) is 5.71. The first kappa shape index (κ1) is 20.9. The van der Waals surface area contributed by atoms with Gasteiger partial charge in [0.2, 0.25) is 5.82 Å². The highest BCUT2D eigenvalue weighted by Gasteiger charge is 2.22. The number of nitrogens with one attached hydrogen (secondary N) is 1. The number of sulfonamides is 1. The first-order valence-corrected chi connectivity index (χ1v) is 11.5. The van der Waals surface area contributed by atoms with Crippen molar-refractivity contribution in [2.75, 3.05) is 4.72 Å². The van der Waals surface area contributed by atoms with Crippen LogP contribution in [0.3, 0.4) is 0 Å². The van der Waals surface area contributed by atoms with E-state index in [2.05, 4.69) is 14.9 Å². The highest BCUT2D eigenvalue weighted by atomic mass is 32.2. The summed E-state index contributed by atoms with van der Waals surface area (Å²) in [6.45, 7) is 3.71. The maximum absolute atomic E-state index is 13.2. The molecule has 0 amide bonds. The van der Waals surface area contributed by atoms with E-state index in [9.17, 15) is 12.8 Å². The van der Waals surface area contributed by atoms with Gasteiger partial charge < -0.3 is 8.94 Å². The van der Waals surface area contributed by atoms with Crippen LogP contribution in [0, 0.1) is 19.7 Å². The fraction of sp³-hybridized carbons (Fsp3) is 0.0833. The van der Waals surface area contributed by atoms with E-state index in [4.69, 9.17) is 8.94 Å². The molecular formula is C24H18FN3O4S. The lowest BCUT2D eigenvalue weighted by Gasteiger charge is -2.08. The summed E-state index contributed by atoms with van der Waals surface area (Å²) in [7, 11) is -3.80. The topological polar surface area (TPSA) is 98.2 Å². The zero-order valence-corrected chi connectivity index (χ0v) is 18.5.